The fraction of sp³-hybridized carbons (Fsp3) is 0.300. The third kappa shape index (κ3) is 5.95. The molecule has 10 heteroatoms. The standard InChI is InChI=1S/C20H20ClN3O5S/c1-3-28-20(27)18-15(14(9-22)19(23)30-18)10-29-17(26)8-16(24-11(2)25)12-4-6-13(21)7-5-12/h4-7,16H,3,8,10,23H2,1-2H3,(H,24,25). The summed E-state index contributed by atoms with van der Waals surface area (Å²) in [6.45, 7) is 2.82. The number of nitrogens with one attached hydrogen (secondary N) is 1. The number of nitriles is 1. The number of nitrogens with zero attached hydrogens (tertiary/aromatic N) is 1. The number of nitrogens with two attached hydrogens (primary N) is 1. The van der Waals surface area contributed by atoms with Gasteiger partial charge in [0.25, 0.3) is 0 Å². The number of hydrogen-bond acceptors (Lipinski definition) is 8. The molecule has 1 aromatic heterocycles. The SMILES string of the molecule is CCOC(=O)c1sc(N)c(C#N)c1COC(=O)CC(NC(C)=O)c1ccc(Cl)cc1. The van der Waals surface area contributed by atoms with Crippen molar-refractivity contribution in [3.8, 4) is 6.07 Å². The number of halogens is 1. The normalized spacial score (nSPS) is 11.3. The fourth-order valence-electron chi connectivity index (χ4n) is 2.68. The van der Waals surface area contributed by atoms with Gasteiger partial charge in [-0.3, -0.25) is 9.59 Å². The largest absolute Gasteiger partial charge is 0.462 e. The van der Waals surface area contributed by atoms with E-state index in [0.29, 0.717) is 10.6 Å². The lowest BCUT2D eigenvalue weighted by Crippen LogP contribution is -2.28. The van der Waals surface area contributed by atoms with E-state index < -0.39 is 18.0 Å². The van der Waals surface area contributed by atoms with Gasteiger partial charge in [-0.15, -0.1) is 11.3 Å². The number of carbonyl (C=O) groups excluding carboxylic acids is 3. The molecule has 1 aromatic carbocycles. The van der Waals surface area contributed by atoms with Gasteiger partial charge in [-0.25, -0.2) is 4.79 Å². The molecule has 1 amide bonds. The number of amides is 1. The maximum atomic E-state index is 12.4. The van der Waals surface area contributed by atoms with Gasteiger partial charge in [0, 0.05) is 17.5 Å². The number of benzene rings is 1. The zero-order chi connectivity index (χ0) is 22.3. The number of thiophene rings is 1. The Morgan fingerprint density at radius 1 is 1.27 bits per heavy atom. The van der Waals surface area contributed by atoms with Crippen molar-refractivity contribution in [3.63, 3.8) is 0 Å². The van der Waals surface area contributed by atoms with E-state index in [1.54, 1.807) is 31.2 Å². The minimum atomic E-state index is -0.640. The fourth-order valence-corrected chi connectivity index (χ4v) is 3.72. The van der Waals surface area contributed by atoms with E-state index in [-0.39, 0.29) is 46.5 Å². The molecule has 8 nitrogen and oxygen atoms in total. The van der Waals surface area contributed by atoms with Crippen LogP contribution in [0, 0.1) is 11.3 Å². The van der Waals surface area contributed by atoms with E-state index in [4.69, 9.17) is 26.8 Å². The lowest BCUT2D eigenvalue weighted by Gasteiger charge is -2.18. The van der Waals surface area contributed by atoms with Crippen LogP contribution in [-0.2, 0) is 25.7 Å². The Balaban J connectivity index is 2.15. The van der Waals surface area contributed by atoms with Crippen LogP contribution in [0.3, 0.4) is 0 Å². The van der Waals surface area contributed by atoms with Gasteiger partial charge in [-0.2, -0.15) is 5.26 Å². The van der Waals surface area contributed by atoms with Crippen molar-refractivity contribution < 1.29 is 23.9 Å². The number of esters is 2. The van der Waals surface area contributed by atoms with Crippen molar-refractivity contribution in [2.75, 3.05) is 12.3 Å². The molecule has 0 fully saturated rings. The number of carbonyl (C=O) groups is 3. The van der Waals surface area contributed by atoms with Crippen molar-refractivity contribution in [1.82, 2.24) is 5.32 Å². The second-order valence-electron chi connectivity index (χ2n) is 6.15. The van der Waals surface area contributed by atoms with Crippen molar-refractivity contribution in [3.05, 3.63) is 50.9 Å². The molecule has 1 heterocycles. The Bertz CT molecular complexity index is 982. The van der Waals surface area contributed by atoms with E-state index in [9.17, 15) is 19.6 Å². The lowest BCUT2D eigenvalue weighted by molar-refractivity contribution is -0.145. The number of ether oxygens (including phenoxy) is 2. The molecule has 1 unspecified atom stereocenters. The van der Waals surface area contributed by atoms with Crippen LogP contribution in [0.1, 0.15) is 52.7 Å². The number of anilines is 1. The molecule has 158 valence electrons. The molecule has 0 aliphatic heterocycles. The Labute approximate surface area is 182 Å². The summed E-state index contributed by atoms with van der Waals surface area (Å²) in [5.41, 5.74) is 6.76. The van der Waals surface area contributed by atoms with Crippen LogP contribution in [-0.4, -0.2) is 24.5 Å². The van der Waals surface area contributed by atoms with Crippen molar-refractivity contribution in [2.24, 2.45) is 0 Å². The molecule has 2 aromatic rings. The van der Waals surface area contributed by atoms with Gasteiger partial charge in [-0.05, 0) is 24.6 Å². The van der Waals surface area contributed by atoms with Crippen LogP contribution in [0.5, 0.6) is 0 Å². The molecule has 1 atom stereocenters. The van der Waals surface area contributed by atoms with Gasteiger partial charge in [0.2, 0.25) is 5.91 Å². The second-order valence-corrected chi connectivity index (χ2v) is 7.64. The highest BCUT2D eigenvalue weighted by Gasteiger charge is 2.25. The zero-order valence-corrected chi connectivity index (χ0v) is 17.9. The maximum absolute atomic E-state index is 12.4. The lowest BCUT2D eigenvalue weighted by atomic mass is 10.0. The highest BCUT2D eigenvalue weighted by Crippen LogP contribution is 2.32. The average molecular weight is 450 g/mol. The number of hydrogen-bond donors (Lipinski definition) is 2. The highest BCUT2D eigenvalue weighted by molar-refractivity contribution is 7.18. The van der Waals surface area contributed by atoms with E-state index in [1.807, 2.05) is 6.07 Å². The predicted octanol–water partition coefficient (Wildman–Crippen LogP) is 3.34. The van der Waals surface area contributed by atoms with Crippen molar-refractivity contribution >= 4 is 45.8 Å². The van der Waals surface area contributed by atoms with Crippen LogP contribution in [0.2, 0.25) is 5.02 Å². The van der Waals surface area contributed by atoms with E-state index in [1.165, 1.54) is 6.92 Å². The quantitative estimate of drug-likeness (QED) is 0.590. The van der Waals surface area contributed by atoms with Gasteiger partial charge in [0.15, 0.2) is 0 Å². The van der Waals surface area contributed by atoms with Gasteiger partial charge in [-0.1, -0.05) is 23.7 Å². The third-order valence-electron chi connectivity index (χ3n) is 4.01. The molecule has 30 heavy (non-hydrogen) atoms. The molecule has 2 rings (SSSR count). The maximum Gasteiger partial charge on any atom is 0.348 e. The molecular formula is C20H20ClN3O5S. The summed E-state index contributed by atoms with van der Waals surface area (Å²) in [6.07, 6.45) is -0.155. The van der Waals surface area contributed by atoms with Gasteiger partial charge in [0.1, 0.15) is 22.6 Å². The van der Waals surface area contributed by atoms with Crippen LogP contribution >= 0.6 is 22.9 Å². The minimum Gasteiger partial charge on any atom is -0.462 e. The predicted molar refractivity (Wildman–Crippen MR) is 112 cm³/mol. The van der Waals surface area contributed by atoms with Crippen molar-refractivity contribution in [1.29, 1.82) is 5.26 Å². The summed E-state index contributed by atoms with van der Waals surface area (Å²) >= 11 is 6.79. The van der Waals surface area contributed by atoms with E-state index in [2.05, 4.69) is 5.32 Å². The van der Waals surface area contributed by atoms with Crippen molar-refractivity contribution in [2.45, 2.75) is 32.9 Å². The average Bonchev–Trinajstić information content (AvgIpc) is 3.01. The minimum absolute atomic E-state index is 0.0759. The zero-order valence-electron chi connectivity index (χ0n) is 16.4. The van der Waals surface area contributed by atoms with Crippen LogP contribution in [0.4, 0.5) is 5.00 Å². The molecular weight excluding hydrogens is 430 g/mol. The van der Waals surface area contributed by atoms with Gasteiger partial charge < -0.3 is 20.5 Å². The summed E-state index contributed by atoms with van der Waals surface area (Å²) in [7, 11) is 0. The smallest absolute Gasteiger partial charge is 0.348 e. The second kappa shape index (κ2) is 10.6. The molecule has 0 aliphatic rings. The number of rotatable bonds is 8. The number of nitrogen functional groups attached to an aromatic ring is 1. The third-order valence-corrected chi connectivity index (χ3v) is 5.30. The van der Waals surface area contributed by atoms with Crippen LogP contribution in [0.25, 0.3) is 0 Å². The molecule has 0 bridgehead atoms. The molecule has 0 aliphatic carbocycles. The Morgan fingerprint density at radius 2 is 1.93 bits per heavy atom. The van der Waals surface area contributed by atoms with E-state index >= 15 is 0 Å². The Morgan fingerprint density at radius 3 is 2.50 bits per heavy atom. The molecule has 0 saturated heterocycles. The first kappa shape index (κ1) is 23.2. The monoisotopic (exact) mass is 449 g/mol. The first-order chi connectivity index (χ1) is 14.3. The van der Waals surface area contributed by atoms with Crippen LogP contribution in [0.15, 0.2) is 24.3 Å². The summed E-state index contributed by atoms with van der Waals surface area (Å²) in [5, 5.41) is 12.7. The summed E-state index contributed by atoms with van der Waals surface area (Å²) in [6, 6.07) is 7.99. The summed E-state index contributed by atoms with van der Waals surface area (Å²) in [4.78, 5) is 36.2. The van der Waals surface area contributed by atoms with E-state index in [0.717, 1.165) is 11.3 Å². The molecule has 0 radical (unpaired) electrons. The topological polar surface area (TPSA) is 132 Å². The first-order valence-corrected chi connectivity index (χ1v) is 10.1. The summed E-state index contributed by atoms with van der Waals surface area (Å²) < 4.78 is 10.3. The van der Waals surface area contributed by atoms with Gasteiger partial charge >= 0.3 is 11.9 Å². The molecule has 0 spiro atoms. The Hall–Kier alpha value is -3.09. The highest BCUT2D eigenvalue weighted by atomic mass is 35.5. The first-order valence-electron chi connectivity index (χ1n) is 8.93. The van der Waals surface area contributed by atoms with Crippen LogP contribution < -0.4 is 11.1 Å². The Kier molecular flexibility index (Phi) is 8.21. The summed E-state index contributed by atoms with van der Waals surface area (Å²) in [5.74, 6) is -1.59. The molecule has 0 saturated carbocycles. The molecule has 3 N–H and O–H groups in total. The van der Waals surface area contributed by atoms with Gasteiger partial charge in [0.05, 0.1) is 24.6 Å².